The molecule has 0 saturated carbocycles. The Morgan fingerprint density at radius 3 is 0.735 bits per heavy atom. The van der Waals surface area contributed by atoms with Gasteiger partial charge in [-0.1, -0.05) is 378 Å². The minimum absolute atomic E-state index is 0.0678. The highest BCUT2D eigenvalue weighted by Gasteiger charge is 2.20. The van der Waals surface area contributed by atoms with Crippen molar-refractivity contribution in [2.45, 2.75) is 412 Å². The van der Waals surface area contributed by atoms with Crippen LogP contribution in [0.15, 0.2) is 48.6 Å². The quantitative estimate of drug-likeness (QED) is 0.0261. The zero-order valence-corrected chi connectivity index (χ0v) is 56.0. The molecule has 0 aromatic rings. The maximum Gasteiger partial charge on any atom is 0.306 e. The molecule has 0 spiro atoms. The lowest BCUT2D eigenvalue weighted by Gasteiger charge is -2.18. The largest absolute Gasteiger partial charge is 0.462 e. The lowest BCUT2D eigenvalue weighted by Crippen LogP contribution is -2.30. The predicted molar refractivity (Wildman–Crippen MR) is 362 cm³/mol. The normalized spacial score (nSPS) is 12.3. The smallest absolute Gasteiger partial charge is 0.306 e. The van der Waals surface area contributed by atoms with Gasteiger partial charge in [-0.25, -0.2) is 0 Å². The molecule has 1 unspecified atom stereocenters. The van der Waals surface area contributed by atoms with Gasteiger partial charge < -0.3 is 14.2 Å². The Hall–Kier alpha value is -2.63. The summed E-state index contributed by atoms with van der Waals surface area (Å²) < 4.78 is 17.1. The number of esters is 3. The summed E-state index contributed by atoms with van der Waals surface area (Å²) in [5.41, 5.74) is 0. The van der Waals surface area contributed by atoms with Crippen molar-refractivity contribution in [2.75, 3.05) is 13.2 Å². The molecule has 6 heteroatoms. The number of ether oxygens (including phenoxy) is 3. The second kappa shape index (κ2) is 71.8. The summed E-state index contributed by atoms with van der Waals surface area (Å²) >= 11 is 0. The van der Waals surface area contributed by atoms with Crippen molar-refractivity contribution in [3.63, 3.8) is 0 Å². The predicted octanol–water partition coefficient (Wildman–Crippen LogP) is 25.7. The summed E-state index contributed by atoms with van der Waals surface area (Å²) in [6.45, 7) is 6.62. The molecule has 486 valence electrons. The summed E-state index contributed by atoms with van der Waals surface area (Å²) in [6, 6.07) is 0. The standard InChI is InChI=1S/C77H142O6/c1-4-7-10-13-16-19-22-25-28-31-34-37-38-41-43-46-49-52-55-58-61-64-67-70-76(79)82-73-74(83-77(80)71-68-65-62-59-56-53-50-47-44-40-36-33-30-27-24-21-18-15-12-9-6-3)72-81-75(78)69-66-63-60-57-54-51-48-45-42-39-35-32-29-26-23-20-17-14-11-8-5-2/h7,10,16,19,25,28,34,37,74H,4-6,8-9,11-15,17-18,20-24,26-27,29-33,35-36,38-73H2,1-3H3/b10-7-,19-16-,28-25-,37-34-. The van der Waals surface area contributed by atoms with E-state index in [0.717, 1.165) is 83.5 Å². The maximum atomic E-state index is 13.0. The van der Waals surface area contributed by atoms with Crippen LogP contribution in [0.3, 0.4) is 0 Å². The van der Waals surface area contributed by atoms with E-state index in [-0.39, 0.29) is 31.1 Å². The molecule has 0 radical (unpaired) electrons. The van der Waals surface area contributed by atoms with E-state index in [1.807, 2.05) is 0 Å². The van der Waals surface area contributed by atoms with E-state index in [1.54, 1.807) is 0 Å². The summed E-state index contributed by atoms with van der Waals surface area (Å²) in [6.07, 6.45) is 91.4. The molecule has 0 bridgehead atoms. The Balaban J connectivity index is 4.31. The van der Waals surface area contributed by atoms with Crippen LogP contribution in [0, 0.1) is 0 Å². The lowest BCUT2D eigenvalue weighted by atomic mass is 10.0. The van der Waals surface area contributed by atoms with E-state index in [1.165, 1.54) is 283 Å². The van der Waals surface area contributed by atoms with Crippen molar-refractivity contribution in [2.24, 2.45) is 0 Å². The number of carbonyl (C=O) groups excluding carboxylic acids is 3. The molecule has 0 rings (SSSR count). The fourth-order valence-corrected chi connectivity index (χ4v) is 11.3. The second-order valence-electron chi connectivity index (χ2n) is 25.2. The first-order valence-corrected chi connectivity index (χ1v) is 37.1. The van der Waals surface area contributed by atoms with Gasteiger partial charge in [-0.05, 0) is 57.8 Å². The molecule has 0 fully saturated rings. The summed E-state index contributed by atoms with van der Waals surface area (Å²) in [7, 11) is 0. The van der Waals surface area contributed by atoms with Crippen LogP contribution >= 0.6 is 0 Å². The first-order chi connectivity index (χ1) is 41.0. The minimum atomic E-state index is -0.773. The lowest BCUT2D eigenvalue weighted by molar-refractivity contribution is -0.167. The van der Waals surface area contributed by atoms with Crippen LogP contribution in [-0.2, 0) is 28.6 Å². The number of allylic oxidation sites excluding steroid dienone is 8. The molecule has 0 aromatic carbocycles. The monoisotopic (exact) mass is 1160 g/mol. The first kappa shape index (κ1) is 80.4. The van der Waals surface area contributed by atoms with Gasteiger partial charge in [0.25, 0.3) is 0 Å². The number of rotatable bonds is 69. The third-order valence-corrected chi connectivity index (χ3v) is 16.8. The van der Waals surface area contributed by atoms with Crippen molar-refractivity contribution in [1.29, 1.82) is 0 Å². The molecule has 0 heterocycles. The van der Waals surface area contributed by atoms with Gasteiger partial charge in [-0.15, -0.1) is 0 Å². The second-order valence-corrected chi connectivity index (χ2v) is 25.2. The highest BCUT2D eigenvalue weighted by molar-refractivity contribution is 5.71. The van der Waals surface area contributed by atoms with Crippen molar-refractivity contribution in [3.8, 4) is 0 Å². The van der Waals surface area contributed by atoms with Crippen LogP contribution in [0.4, 0.5) is 0 Å². The SMILES string of the molecule is CC/C=C\C/C=C\C/C=C\C/C=C\CCCCCCCCCCCCC(=O)OCC(COC(=O)CCCCCCCCCCCCCCCCCCCCCCC)OC(=O)CCCCCCCCCCCCCCCCCCCCCCC. The Kier molecular flexibility index (Phi) is 69.6. The number of carbonyl (C=O) groups is 3. The molecule has 0 amide bonds. The number of hydrogen-bond donors (Lipinski definition) is 0. The zero-order chi connectivity index (χ0) is 59.9. The number of hydrogen-bond acceptors (Lipinski definition) is 6. The molecule has 1 atom stereocenters. The van der Waals surface area contributed by atoms with E-state index < -0.39 is 6.10 Å². The van der Waals surface area contributed by atoms with Crippen molar-refractivity contribution in [3.05, 3.63) is 48.6 Å². The molecular formula is C77H142O6. The van der Waals surface area contributed by atoms with Crippen LogP contribution in [0.1, 0.15) is 406 Å². The van der Waals surface area contributed by atoms with E-state index in [9.17, 15) is 14.4 Å². The molecule has 0 aliphatic heterocycles. The molecule has 6 nitrogen and oxygen atoms in total. The Morgan fingerprint density at radius 2 is 0.470 bits per heavy atom. The number of unbranched alkanes of at least 4 members (excludes halogenated alkanes) is 50. The molecule has 0 N–H and O–H groups in total. The fourth-order valence-electron chi connectivity index (χ4n) is 11.3. The van der Waals surface area contributed by atoms with E-state index in [2.05, 4.69) is 69.4 Å². The Labute approximate surface area is 518 Å². The third-order valence-electron chi connectivity index (χ3n) is 16.8. The summed E-state index contributed by atoms with van der Waals surface area (Å²) in [5.74, 6) is -0.838. The van der Waals surface area contributed by atoms with Crippen molar-refractivity contribution >= 4 is 17.9 Å². The van der Waals surface area contributed by atoms with Gasteiger partial charge >= 0.3 is 17.9 Å². The van der Waals surface area contributed by atoms with E-state index >= 15 is 0 Å². The van der Waals surface area contributed by atoms with Crippen molar-refractivity contribution < 1.29 is 28.6 Å². The minimum Gasteiger partial charge on any atom is -0.462 e. The summed E-state index contributed by atoms with van der Waals surface area (Å²) in [4.78, 5) is 38.6. The van der Waals surface area contributed by atoms with Gasteiger partial charge in [-0.3, -0.25) is 14.4 Å². The topological polar surface area (TPSA) is 78.9 Å². The molecule has 83 heavy (non-hydrogen) atoms. The average Bonchev–Trinajstić information content (AvgIpc) is 3.49. The molecule has 0 saturated heterocycles. The maximum absolute atomic E-state index is 13.0. The third kappa shape index (κ3) is 70.0. The first-order valence-electron chi connectivity index (χ1n) is 37.1. The van der Waals surface area contributed by atoms with Gasteiger partial charge in [0.15, 0.2) is 6.10 Å². The van der Waals surface area contributed by atoms with Gasteiger partial charge in [0.1, 0.15) is 13.2 Å². The average molecular weight is 1160 g/mol. The van der Waals surface area contributed by atoms with Gasteiger partial charge in [0.2, 0.25) is 0 Å². The highest BCUT2D eigenvalue weighted by atomic mass is 16.6. The van der Waals surface area contributed by atoms with E-state index in [0.29, 0.717) is 19.3 Å². The van der Waals surface area contributed by atoms with Gasteiger partial charge in [0, 0.05) is 19.3 Å². The fraction of sp³-hybridized carbons (Fsp3) is 0.857. The Bertz CT molecular complexity index is 1430. The molecule has 0 aliphatic carbocycles. The Morgan fingerprint density at radius 1 is 0.253 bits per heavy atom. The van der Waals surface area contributed by atoms with Crippen LogP contribution in [-0.4, -0.2) is 37.2 Å². The van der Waals surface area contributed by atoms with Crippen LogP contribution in [0.25, 0.3) is 0 Å². The molecule has 0 aliphatic rings. The van der Waals surface area contributed by atoms with Gasteiger partial charge in [0.05, 0.1) is 0 Å². The highest BCUT2D eigenvalue weighted by Crippen LogP contribution is 2.19. The van der Waals surface area contributed by atoms with E-state index in [4.69, 9.17) is 14.2 Å². The van der Waals surface area contributed by atoms with Gasteiger partial charge in [-0.2, -0.15) is 0 Å². The molecular weight excluding hydrogens is 1020 g/mol. The van der Waals surface area contributed by atoms with Crippen LogP contribution in [0.5, 0.6) is 0 Å². The zero-order valence-electron chi connectivity index (χ0n) is 56.0. The molecule has 0 aromatic heterocycles. The van der Waals surface area contributed by atoms with Crippen LogP contribution < -0.4 is 0 Å². The van der Waals surface area contributed by atoms with Crippen LogP contribution in [0.2, 0.25) is 0 Å². The summed E-state index contributed by atoms with van der Waals surface area (Å²) in [5, 5.41) is 0. The van der Waals surface area contributed by atoms with Crippen molar-refractivity contribution in [1.82, 2.24) is 0 Å².